The second-order valence-electron chi connectivity index (χ2n) is 3.93. The van der Waals surface area contributed by atoms with E-state index in [1.807, 2.05) is 6.07 Å². The Hall–Kier alpha value is -1.18. The highest BCUT2D eigenvalue weighted by atomic mass is 19.1. The first-order valence-corrected chi connectivity index (χ1v) is 4.57. The fourth-order valence-corrected chi connectivity index (χ4v) is 2.51. The van der Waals surface area contributed by atoms with Crippen LogP contribution in [0, 0.1) is 11.7 Å². The van der Waals surface area contributed by atoms with Gasteiger partial charge in [-0.1, -0.05) is 6.07 Å². The second-order valence-corrected chi connectivity index (χ2v) is 3.93. The van der Waals surface area contributed by atoms with Crippen molar-refractivity contribution in [1.82, 2.24) is 0 Å². The molecule has 2 heteroatoms. The maximum Gasteiger partial charge on any atom is 0.137 e. The molecule has 0 N–H and O–H groups in total. The first-order valence-electron chi connectivity index (χ1n) is 4.57. The summed E-state index contributed by atoms with van der Waals surface area (Å²) in [5.74, 6) is 0.744. The summed E-state index contributed by atoms with van der Waals surface area (Å²) in [4.78, 5) is 11.2. The van der Waals surface area contributed by atoms with Crippen LogP contribution in [0.3, 0.4) is 0 Å². The molecule has 1 aromatic carbocycles. The van der Waals surface area contributed by atoms with Crippen LogP contribution < -0.4 is 0 Å². The molecular formula is C11H9FO. The molecule has 1 aromatic rings. The molecule has 0 amide bonds. The quantitative estimate of drug-likeness (QED) is 0.591. The van der Waals surface area contributed by atoms with E-state index < -0.39 is 0 Å². The van der Waals surface area contributed by atoms with Crippen LogP contribution in [0.5, 0.6) is 0 Å². The van der Waals surface area contributed by atoms with Crippen LogP contribution in [-0.4, -0.2) is 5.78 Å². The minimum atomic E-state index is -0.188. The molecule has 0 heterocycles. The van der Waals surface area contributed by atoms with Gasteiger partial charge < -0.3 is 0 Å². The smallest absolute Gasteiger partial charge is 0.137 e. The highest BCUT2D eigenvalue weighted by molar-refractivity contribution is 5.91. The van der Waals surface area contributed by atoms with E-state index in [4.69, 9.17) is 0 Å². The zero-order valence-corrected chi connectivity index (χ0v) is 7.09. The number of carbonyl (C=O) groups is 1. The molecule has 0 aliphatic heterocycles. The molecule has 2 aliphatic rings. The summed E-state index contributed by atoms with van der Waals surface area (Å²) in [6.45, 7) is 0. The molecule has 1 fully saturated rings. The number of fused-ring (bicyclic) bond motifs is 3. The number of carbonyl (C=O) groups excluding carboxylic acids is 1. The van der Waals surface area contributed by atoms with Crippen LogP contribution >= 0.6 is 0 Å². The van der Waals surface area contributed by atoms with Gasteiger partial charge in [0.25, 0.3) is 0 Å². The Kier molecular flexibility index (Phi) is 1.22. The molecule has 0 spiro atoms. The number of hydrogen-bond donors (Lipinski definition) is 0. The SMILES string of the molecule is O=C1CC2c3ccc(F)cc3CC12. The zero-order valence-electron chi connectivity index (χ0n) is 7.09. The van der Waals surface area contributed by atoms with Crippen molar-refractivity contribution in [2.24, 2.45) is 5.92 Å². The lowest BCUT2D eigenvalue weighted by Gasteiger charge is -2.28. The Morgan fingerprint density at radius 2 is 2.08 bits per heavy atom. The van der Waals surface area contributed by atoms with Gasteiger partial charge in [-0.3, -0.25) is 4.79 Å². The Balaban J connectivity index is 2.09. The molecule has 1 nitrogen and oxygen atoms in total. The van der Waals surface area contributed by atoms with Crippen molar-refractivity contribution in [2.45, 2.75) is 18.8 Å². The van der Waals surface area contributed by atoms with Crippen molar-refractivity contribution < 1.29 is 9.18 Å². The third-order valence-corrected chi connectivity index (χ3v) is 3.26. The fraction of sp³-hybridized carbons (Fsp3) is 0.364. The summed E-state index contributed by atoms with van der Waals surface area (Å²) >= 11 is 0. The first-order chi connectivity index (χ1) is 6.25. The third kappa shape index (κ3) is 0.831. The fourth-order valence-electron chi connectivity index (χ4n) is 2.51. The van der Waals surface area contributed by atoms with Gasteiger partial charge in [0.15, 0.2) is 0 Å². The molecule has 0 radical (unpaired) electrons. The Bertz CT molecular complexity index is 397. The summed E-state index contributed by atoms with van der Waals surface area (Å²) in [5.41, 5.74) is 2.24. The van der Waals surface area contributed by atoms with E-state index in [0.717, 1.165) is 12.0 Å². The molecule has 0 aromatic heterocycles. The van der Waals surface area contributed by atoms with Gasteiger partial charge in [0.2, 0.25) is 0 Å². The number of ketones is 1. The van der Waals surface area contributed by atoms with Crippen molar-refractivity contribution in [3.05, 3.63) is 35.1 Å². The van der Waals surface area contributed by atoms with E-state index in [1.54, 1.807) is 6.07 Å². The largest absolute Gasteiger partial charge is 0.299 e. The van der Waals surface area contributed by atoms with Gasteiger partial charge in [-0.25, -0.2) is 4.39 Å². The lowest BCUT2D eigenvalue weighted by Crippen LogP contribution is -2.31. The Morgan fingerprint density at radius 3 is 2.85 bits per heavy atom. The lowest BCUT2D eigenvalue weighted by molar-refractivity contribution is -0.130. The summed E-state index contributed by atoms with van der Waals surface area (Å²) in [5, 5.41) is 0. The van der Waals surface area contributed by atoms with Crippen LogP contribution in [0.15, 0.2) is 18.2 Å². The monoisotopic (exact) mass is 176 g/mol. The van der Waals surface area contributed by atoms with Gasteiger partial charge in [0.1, 0.15) is 11.6 Å². The van der Waals surface area contributed by atoms with Gasteiger partial charge in [-0.05, 0) is 29.7 Å². The number of halogens is 1. The van der Waals surface area contributed by atoms with Crippen LogP contribution in [0.4, 0.5) is 4.39 Å². The van der Waals surface area contributed by atoms with Crippen molar-refractivity contribution in [1.29, 1.82) is 0 Å². The third-order valence-electron chi connectivity index (χ3n) is 3.26. The summed E-state index contributed by atoms with van der Waals surface area (Å²) in [6, 6.07) is 4.90. The minimum Gasteiger partial charge on any atom is -0.299 e. The predicted molar refractivity (Wildman–Crippen MR) is 46.0 cm³/mol. The van der Waals surface area contributed by atoms with Crippen LogP contribution in [0.2, 0.25) is 0 Å². The average molecular weight is 176 g/mol. The molecule has 1 saturated carbocycles. The minimum absolute atomic E-state index is 0.178. The van der Waals surface area contributed by atoms with Gasteiger partial charge in [0.05, 0.1) is 0 Å². The second kappa shape index (κ2) is 2.19. The van der Waals surface area contributed by atoms with Gasteiger partial charge in [0, 0.05) is 18.3 Å². The van der Waals surface area contributed by atoms with Crippen LogP contribution in [0.25, 0.3) is 0 Å². The topological polar surface area (TPSA) is 17.1 Å². The zero-order chi connectivity index (χ0) is 9.00. The highest BCUT2D eigenvalue weighted by Crippen LogP contribution is 2.48. The molecular weight excluding hydrogens is 167 g/mol. The van der Waals surface area contributed by atoms with Crippen molar-refractivity contribution in [2.75, 3.05) is 0 Å². The molecule has 2 atom stereocenters. The molecule has 66 valence electrons. The van der Waals surface area contributed by atoms with Gasteiger partial charge in [-0.2, -0.15) is 0 Å². The van der Waals surface area contributed by atoms with Crippen molar-refractivity contribution in [3.63, 3.8) is 0 Å². The summed E-state index contributed by atoms with van der Waals surface area (Å²) in [6.07, 6.45) is 1.43. The number of rotatable bonds is 0. The van der Waals surface area contributed by atoms with E-state index in [2.05, 4.69) is 0 Å². The molecule has 0 saturated heterocycles. The molecule has 0 bridgehead atoms. The molecule has 2 unspecified atom stereocenters. The van der Waals surface area contributed by atoms with Crippen molar-refractivity contribution >= 4 is 5.78 Å². The van der Waals surface area contributed by atoms with Crippen LogP contribution in [0.1, 0.15) is 23.5 Å². The predicted octanol–water partition coefficient (Wildman–Crippen LogP) is 2.05. The molecule has 13 heavy (non-hydrogen) atoms. The maximum atomic E-state index is 12.8. The Labute approximate surface area is 75.6 Å². The highest BCUT2D eigenvalue weighted by Gasteiger charge is 2.45. The van der Waals surface area contributed by atoms with E-state index >= 15 is 0 Å². The normalized spacial score (nSPS) is 29.5. The van der Waals surface area contributed by atoms with Gasteiger partial charge in [-0.15, -0.1) is 0 Å². The van der Waals surface area contributed by atoms with E-state index in [-0.39, 0.29) is 11.7 Å². The van der Waals surface area contributed by atoms with Crippen LogP contribution in [-0.2, 0) is 11.2 Å². The number of hydrogen-bond acceptors (Lipinski definition) is 1. The Morgan fingerprint density at radius 1 is 1.23 bits per heavy atom. The number of Topliss-reactive ketones (excluding diaryl/α,β-unsaturated/α-hetero) is 1. The molecule has 2 aliphatic carbocycles. The lowest BCUT2D eigenvalue weighted by atomic mass is 9.73. The summed E-state index contributed by atoms with van der Waals surface area (Å²) < 4.78 is 12.8. The standard InChI is InChI=1S/C11H9FO/c12-7-1-2-8-6(3-7)4-10-9(8)5-11(10)13/h1-3,9-10H,4-5H2. The maximum absolute atomic E-state index is 12.8. The van der Waals surface area contributed by atoms with Crippen molar-refractivity contribution in [3.8, 4) is 0 Å². The van der Waals surface area contributed by atoms with E-state index in [1.165, 1.54) is 11.6 Å². The first kappa shape index (κ1) is 7.25. The van der Waals surface area contributed by atoms with E-state index in [9.17, 15) is 9.18 Å². The summed E-state index contributed by atoms with van der Waals surface area (Å²) in [7, 11) is 0. The number of benzene rings is 1. The van der Waals surface area contributed by atoms with E-state index in [0.29, 0.717) is 18.1 Å². The van der Waals surface area contributed by atoms with Gasteiger partial charge >= 0.3 is 0 Å². The average Bonchev–Trinajstić information content (AvgIpc) is 2.39. The molecule has 3 rings (SSSR count).